The summed E-state index contributed by atoms with van der Waals surface area (Å²) >= 11 is 0. The number of carboxylic acid groups (broad SMARTS) is 1. The van der Waals surface area contributed by atoms with Crippen LogP contribution in [0.5, 0.6) is 11.5 Å². The van der Waals surface area contributed by atoms with Crippen LogP contribution in [0.4, 0.5) is 0 Å². The minimum atomic E-state index is -1.08. The predicted octanol–water partition coefficient (Wildman–Crippen LogP) is 2.66. The molecule has 1 aromatic rings. The average Bonchev–Trinajstić information content (AvgIpc) is 2.85. The third kappa shape index (κ3) is 3.40. The lowest BCUT2D eigenvalue weighted by Gasteiger charge is -2.06. The number of fused-ring (bicyclic) bond motifs is 1. The highest BCUT2D eigenvalue weighted by atomic mass is 16.7. The minimum absolute atomic E-state index is 0.0627. The SMILES string of the molecule is CCCCOC(=Cc1ccc2c(c1)OCO2)C(=O)O. The summed E-state index contributed by atoms with van der Waals surface area (Å²) in [6.45, 7) is 2.62. The molecule has 0 aliphatic carbocycles. The molecule has 1 aromatic carbocycles. The van der Waals surface area contributed by atoms with Gasteiger partial charge in [0.25, 0.3) is 0 Å². The molecular formula is C14H16O5. The first-order valence-electron chi connectivity index (χ1n) is 6.18. The van der Waals surface area contributed by atoms with Gasteiger partial charge < -0.3 is 19.3 Å². The van der Waals surface area contributed by atoms with E-state index in [9.17, 15) is 4.79 Å². The second-order valence-electron chi connectivity index (χ2n) is 4.13. The van der Waals surface area contributed by atoms with E-state index in [4.69, 9.17) is 19.3 Å². The summed E-state index contributed by atoms with van der Waals surface area (Å²) in [6, 6.07) is 5.24. The topological polar surface area (TPSA) is 65.0 Å². The molecule has 0 fully saturated rings. The molecule has 0 radical (unpaired) electrons. The van der Waals surface area contributed by atoms with E-state index in [1.165, 1.54) is 6.08 Å². The quantitative estimate of drug-likeness (QED) is 0.486. The zero-order valence-electron chi connectivity index (χ0n) is 10.7. The number of carbonyl (C=O) groups is 1. The fraction of sp³-hybridized carbons (Fsp3) is 0.357. The van der Waals surface area contributed by atoms with Crippen LogP contribution in [-0.4, -0.2) is 24.5 Å². The molecule has 5 nitrogen and oxygen atoms in total. The number of ether oxygens (including phenoxy) is 3. The fourth-order valence-electron chi connectivity index (χ4n) is 1.65. The van der Waals surface area contributed by atoms with Crippen molar-refractivity contribution in [2.45, 2.75) is 19.8 Å². The molecule has 0 unspecified atom stereocenters. The van der Waals surface area contributed by atoms with Gasteiger partial charge in [0, 0.05) is 0 Å². The Hall–Kier alpha value is -2.17. The van der Waals surface area contributed by atoms with Crippen LogP contribution in [0.25, 0.3) is 6.08 Å². The van der Waals surface area contributed by atoms with E-state index in [1.807, 2.05) is 6.92 Å². The van der Waals surface area contributed by atoms with Gasteiger partial charge in [-0.3, -0.25) is 0 Å². The molecule has 19 heavy (non-hydrogen) atoms. The summed E-state index contributed by atoms with van der Waals surface area (Å²) in [5, 5.41) is 9.08. The number of hydrogen-bond acceptors (Lipinski definition) is 4. The van der Waals surface area contributed by atoms with Crippen LogP contribution in [0.3, 0.4) is 0 Å². The molecule has 1 heterocycles. The standard InChI is InChI=1S/C14H16O5/c1-2-3-6-17-13(14(15)16)8-10-4-5-11-12(7-10)19-9-18-11/h4-5,7-8H,2-3,6,9H2,1H3,(H,15,16). The maximum absolute atomic E-state index is 11.1. The largest absolute Gasteiger partial charge is 0.487 e. The molecule has 2 rings (SSSR count). The molecular weight excluding hydrogens is 248 g/mol. The maximum atomic E-state index is 11.1. The maximum Gasteiger partial charge on any atom is 0.371 e. The predicted molar refractivity (Wildman–Crippen MR) is 69.0 cm³/mol. The van der Waals surface area contributed by atoms with Crippen molar-refractivity contribution in [1.82, 2.24) is 0 Å². The second kappa shape index (κ2) is 6.13. The molecule has 1 N–H and O–H groups in total. The molecule has 0 saturated carbocycles. The third-order valence-corrected chi connectivity index (χ3v) is 2.66. The summed E-state index contributed by atoms with van der Waals surface area (Å²) in [4.78, 5) is 11.1. The lowest BCUT2D eigenvalue weighted by atomic mass is 10.2. The van der Waals surface area contributed by atoms with Gasteiger partial charge >= 0.3 is 5.97 Å². The number of carboxylic acids is 1. The van der Waals surface area contributed by atoms with Crippen molar-refractivity contribution < 1.29 is 24.1 Å². The number of hydrogen-bond donors (Lipinski definition) is 1. The first-order valence-corrected chi connectivity index (χ1v) is 6.18. The highest BCUT2D eigenvalue weighted by molar-refractivity contribution is 5.90. The molecule has 0 atom stereocenters. The molecule has 0 spiro atoms. The van der Waals surface area contributed by atoms with Gasteiger partial charge in [0.2, 0.25) is 12.6 Å². The van der Waals surface area contributed by atoms with E-state index >= 15 is 0 Å². The normalized spacial score (nSPS) is 13.4. The molecule has 1 aliphatic heterocycles. The van der Waals surface area contributed by atoms with Crippen LogP contribution in [0.15, 0.2) is 24.0 Å². The summed E-state index contributed by atoms with van der Waals surface area (Å²) in [6.07, 6.45) is 3.27. The first kappa shape index (κ1) is 13.3. The van der Waals surface area contributed by atoms with Crippen molar-refractivity contribution in [2.75, 3.05) is 13.4 Å². The van der Waals surface area contributed by atoms with Crippen LogP contribution in [0.1, 0.15) is 25.3 Å². The molecule has 5 heteroatoms. The Morgan fingerprint density at radius 2 is 2.21 bits per heavy atom. The van der Waals surface area contributed by atoms with Gasteiger partial charge in [0.15, 0.2) is 11.5 Å². The average molecular weight is 264 g/mol. The van der Waals surface area contributed by atoms with Gasteiger partial charge in [-0.25, -0.2) is 4.79 Å². The summed E-state index contributed by atoms with van der Waals surface area (Å²) in [7, 11) is 0. The molecule has 0 saturated heterocycles. The highest BCUT2D eigenvalue weighted by Gasteiger charge is 2.14. The lowest BCUT2D eigenvalue weighted by Crippen LogP contribution is -2.05. The van der Waals surface area contributed by atoms with Crippen LogP contribution in [0.2, 0.25) is 0 Å². The minimum Gasteiger partial charge on any atom is -0.487 e. The number of unbranched alkanes of at least 4 members (excludes halogenated alkanes) is 1. The number of rotatable bonds is 6. The van der Waals surface area contributed by atoms with E-state index in [-0.39, 0.29) is 12.6 Å². The van der Waals surface area contributed by atoms with Gasteiger partial charge in [-0.15, -0.1) is 0 Å². The Balaban J connectivity index is 2.13. The lowest BCUT2D eigenvalue weighted by molar-refractivity contribution is -0.136. The second-order valence-corrected chi connectivity index (χ2v) is 4.13. The zero-order chi connectivity index (χ0) is 13.7. The van der Waals surface area contributed by atoms with Crippen molar-refractivity contribution in [3.63, 3.8) is 0 Å². The Kier molecular flexibility index (Phi) is 4.28. The molecule has 0 bridgehead atoms. The van der Waals surface area contributed by atoms with Gasteiger partial charge in [-0.05, 0) is 30.2 Å². The van der Waals surface area contributed by atoms with Crippen LogP contribution in [-0.2, 0) is 9.53 Å². The van der Waals surface area contributed by atoms with Crippen LogP contribution < -0.4 is 9.47 Å². The van der Waals surface area contributed by atoms with Gasteiger partial charge in [0.05, 0.1) is 6.61 Å². The van der Waals surface area contributed by atoms with Crippen molar-refractivity contribution in [1.29, 1.82) is 0 Å². The van der Waals surface area contributed by atoms with Crippen LogP contribution >= 0.6 is 0 Å². The molecule has 102 valence electrons. The summed E-state index contributed by atoms with van der Waals surface area (Å²) in [5.41, 5.74) is 0.707. The Labute approximate surface area is 111 Å². The molecule has 1 aliphatic rings. The van der Waals surface area contributed by atoms with Crippen molar-refractivity contribution in [3.8, 4) is 11.5 Å². The summed E-state index contributed by atoms with van der Waals surface area (Å²) < 4.78 is 15.7. The zero-order valence-corrected chi connectivity index (χ0v) is 10.7. The fourth-order valence-corrected chi connectivity index (χ4v) is 1.65. The molecule has 0 amide bonds. The van der Waals surface area contributed by atoms with E-state index in [1.54, 1.807) is 18.2 Å². The van der Waals surface area contributed by atoms with Crippen LogP contribution in [0, 0.1) is 0 Å². The summed E-state index contributed by atoms with van der Waals surface area (Å²) in [5.74, 6) is 0.147. The number of aliphatic carboxylic acids is 1. The Bertz CT molecular complexity index is 493. The van der Waals surface area contributed by atoms with Gasteiger partial charge in [-0.1, -0.05) is 19.4 Å². The molecule has 0 aromatic heterocycles. The highest BCUT2D eigenvalue weighted by Crippen LogP contribution is 2.33. The monoisotopic (exact) mass is 264 g/mol. The van der Waals surface area contributed by atoms with E-state index < -0.39 is 5.97 Å². The number of benzene rings is 1. The Morgan fingerprint density at radius 1 is 1.42 bits per heavy atom. The van der Waals surface area contributed by atoms with E-state index in [0.717, 1.165) is 12.8 Å². The van der Waals surface area contributed by atoms with Crippen molar-refractivity contribution in [2.24, 2.45) is 0 Å². The van der Waals surface area contributed by atoms with Crippen molar-refractivity contribution >= 4 is 12.0 Å². The van der Waals surface area contributed by atoms with Gasteiger partial charge in [-0.2, -0.15) is 0 Å². The first-order chi connectivity index (χ1) is 9.20. The van der Waals surface area contributed by atoms with Gasteiger partial charge in [0.1, 0.15) is 0 Å². The smallest absolute Gasteiger partial charge is 0.371 e. The third-order valence-electron chi connectivity index (χ3n) is 2.66. The van der Waals surface area contributed by atoms with E-state index in [2.05, 4.69) is 0 Å². The van der Waals surface area contributed by atoms with E-state index in [0.29, 0.717) is 23.7 Å². The van der Waals surface area contributed by atoms with Crippen molar-refractivity contribution in [3.05, 3.63) is 29.5 Å². The Morgan fingerprint density at radius 3 is 2.95 bits per heavy atom.